The first kappa shape index (κ1) is 10.8. The summed E-state index contributed by atoms with van der Waals surface area (Å²) in [5.41, 5.74) is 0.378. The lowest BCUT2D eigenvalue weighted by Gasteiger charge is -2.07. The average molecular weight is 245 g/mol. The van der Waals surface area contributed by atoms with E-state index in [0.29, 0.717) is 16.0 Å². The van der Waals surface area contributed by atoms with Gasteiger partial charge in [-0.15, -0.1) is 0 Å². The molecule has 0 spiro atoms. The summed E-state index contributed by atoms with van der Waals surface area (Å²) < 4.78 is 13.3. The van der Waals surface area contributed by atoms with Gasteiger partial charge in [0.05, 0.1) is 12.2 Å². The third kappa shape index (κ3) is 2.63. The lowest BCUT2D eigenvalue weighted by atomic mass is 10.3. The molecule has 1 heterocycles. The molecule has 15 heavy (non-hydrogen) atoms. The smallest absolute Gasteiger partial charge is 0.161 e. The molecule has 1 unspecified atom stereocenters. The molecule has 0 radical (unpaired) electrons. The van der Waals surface area contributed by atoms with E-state index < -0.39 is 0 Å². The van der Waals surface area contributed by atoms with Gasteiger partial charge in [-0.05, 0) is 18.2 Å². The van der Waals surface area contributed by atoms with Crippen molar-refractivity contribution >= 4 is 34.2 Å². The molecule has 0 aromatic heterocycles. The number of amidine groups is 1. The minimum Gasteiger partial charge on any atom is -0.333 e. The zero-order chi connectivity index (χ0) is 10.8. The molecule has 0 bridgehead atoms. The number of thioether (sulfide) groups is 1. The Labute approximate surface area is 96.9 Å². The van der Waals surface area contributed by atoms with Crippen LogP contribution in [0.4, 0.5) is 10.1 Å². The predicted octanol–water partition coefficient (Wildman–Crippen LogP) is 3.38. The minimum atomic E-state index is -0.317. The maximum Gasteiger partial charge on any atom is 0.161 e. The van der Waals surface area contributed by atoms with Gasteiger partial charge in [0.2, 0.25) is 0 Å². The number of hydrogen-bond donors (Lipinski definition) is 1. The third-order valence-corrected chi connectivity index (χ3v) is 3.22. The van der Waals surface area contributed by atoms with E-state index in [4.69, 9.17) is 11.6 Å². The molecule has 1 aromatic rings. The van der Waals surface area contributed by atoms with Crippen LogP contribution in [0.5, 0.6) is 0 Å². The number of hydrogen-bond acceptors (Lipinski definition) is 3. The molecule has 1 atom stereocenters. The molecule has 0 fully saturated rings. The van der Waals surface area contributed by atoms with Gasteiger partial charge in [-0.1, -0.05) is 30.3 Å². The second-order valence-electron chi connectivity index (χ2n) is 3.32. The zero-order valence-electron chi connectivity index (χ0n) is 8.13. The highest BCUT2D eigenvalue weighted by Gasteiger charge is 2.16. The quantitative estimate of drug-likeness (QED) is 0.819. The van der Waals surface area contributed by atoms with Crippen LogP contribution in [0, 0.1) is 5.82 Å². The second kappa shape index (κ2) is 4.41. The fraction of sp³-hybridized carbons (Fsp3) is 0.300. The number of anilines is 1. The van der Waals surface area contributed by atoms with Gasteiger partial charge in [-0.25, -0.2) is 4.39 Å². The molecule has 1 aliphatic rings. The first-order chi connectivity index (χ1) is 7.15. The molecule has 0 saturated carbocycles. The summed E-state index contributed by atoms with van der Waals surface area (Å²) in [4.78, 5) is 4.24. The fourth-order valence-corrected chi connectivity index (χ4v) is 2.27. The minimum absolute atomic E-state index is 0.317. The molecule has 0 amide bonds. The summed E-state index contributed by atoms with van der Waals surface area (Å²) in [5, 5.41) is 4.65. The first-order valence-corrected chi connectivity index (χ1v) is 5.84. The van der Waals surface area contributed by atoms with Crippen LogP contribution in [-0.2, 0) is 0 Å². The summed E-state index contributed by atoms with van der Waals surface area (Å²) in [5.74, 6) is -0.317. The van der Waals surface area contributed by atoms with Crippen LogP contribution in [0.1, 0.15) is 6.92 Å². The van der Waals surface area contributed by atoms with Crippen molar-refractivity contribution in [3.8, 4) is 0 Å². The molecule has 0 aliphatic carbocycles. The van der Waals surface area contributed by atoms with Gasteiger partial charge in [0.15, 0.2) is 5.17 Å². The maximum absolute atomic E-state index is 13.3. The van der Waals surface area contributed by atoms with Gasteiger partial charge in [0.1, 0.15) is 5.82 Å². The van der Waals surface area contributed by atoms with Gasteiger partial charge >= 0.3 is 0 Å². The molecule has 1 N–H and O–H groups in total. The van der Waals surface area contributed by atoms with E-state index in [0.717, 1.165) is 11.7 Å². The molecule has 80 valence electrons. The number of nitrogens with zero attached hydrogens (tertiary/aromatic N) is 1. The largest absolute Gasteiger partial charge is 0.333 e. The number of rotatable bonds is 1. The second-order valence-corrected chi connectivity index (χ2v) is 5.19. The summed E-state index contributed by atoms with van der Waals surface area (Å²) >= 11 is 7.38. The van der Waals surface area contributed by atoms with E-state index in [-0.39, 0.29) is 5.82 Å². The standard InChI is InChI=1S/C10H10ClFN2S/c1-6-5-13-10(15-6)14-9-4-7(11)2-3-8(9)12/h2-4,6H,5H2,1H3,(H,13,14). The first-order valence-electron chi connectivity index (χ1n) is 4.58. The van der Waals surface area contributed by atoms with Gasteiger partial charge in [-0.3, -0.25) is 4.99 Å². The van der Waals surface area contributed by atoms with Crippen LogP contribution < -0.4 is 5.32 Å². The predicted molar refractivity (Wildman–Crippen MR) is 64.4 cm³/mol. The third-order valence-electron chi connectivity index (χ3n) is 1.97. The van der Waals surface area contributed by atoms with E-state index in [9.17, 15) is 4.39 Å². The van der Waals surface area contributed by atoms with Crippen molar-refractivity contribution in [3.63, 3.8) is 0 Å². The van der Waals surface area contributed by atoms with Crippen LogP contribution in [0.3, 0.4) is 0 Å². The van der Waals surface area contributed by atoms with Crippen molar-refractivity contribution in [1.82, 2.24) is 0 Å². The Morgan fingerprint density at radius 3 is 3.07 bits per heavy atom. The monoisotopic (exact) mass is 244 g/mol. The van der Waals surface area contributed by atoms with Crippen molar-refractivity contribution < 1.29 is 4.39 Å². The summed E-state index contributed by atoms with van der Waals surface area (Å²) in [6.45, 7) is 2.85. The van der Waals surface area contributed by atoms with Crippen LogP contribution in [0.2, 0.25) is 5.02 Å². The highest BCUT2D eigenvalue weighted by Crippen LogP contribution is 2.25. The zero-order valence-corrected chi connectivity index (χ0v) is 9.70. The van der Waals surface area contributed by atoms with Crippen molar-refractivity contribution in [1.29, 1.82) is 0 Å². The molecule has 0 saturated heterocycles. The molecule has 1 aliphatic heterocycles. The molecule has 5 heteroatoms. The summed E-state index contributed by atoms with van der Waals surface area (Å²) in [6, 6.07) is 4.42. The van der Waals surface area contributed by atoms with Crippen molar-refractivity contribution in [2.75, 3.05) is 11.9 Å². The Kier molecular flexibility index (Phi) is 3.17. The fourth-order valence-electron chi connectivity index (χ4n) is 1.25. The number of benzene rings is 1. The van der Waals surface area contributed by atoms with Crippen LogP contribution in [0.15, 0.2) is 23.2 Å². The molecule has 2 rings (SSSR count). The topological polar surface area (TPSA) is 24.4 Å². The lowest BCUT2D eigenvalue weighted by Crippen LogP contribution is -2.07. The van der Waals surface area contributed by atoms with E-state index >= 15 is 0 Å². The van der Waals surface area contributed by atoms with E-state index in [1.54, 1.807) is 17.8 Å². The van der Waals surface area contributed by atoms with Crippen molar-refractivity contribution in [3.05, 3.63) is 29.0 Å². The van der Waals surface area contributed by atoms with E-state index in [1.165, 1.54) is 12.1 Å². The number of nitrogens with one attached hydrogen (secondary N) is 1. The van der Waals surface area contributed by atoms with Crippen molar-refractivity contribution in [2.24, 2.45) is 4.99 Å². The van der Waals surface area contributed by atoms with Gasteiger partial charge < -0.3 is 5.32 Å². The Hall–Kier alpha value is -0.740. The normalized spacial score (nSPS) is 20.2. The lowest BCUT2D eigenvalue weighted by molar-refractivity contribution is 0.632. The Bertz CT molecular complexity index is 408. The van der Waals surface area contributed by atoms with Crippen LogP contribution in [0.25, 0.3) is 0 Å². The van der Waals surface area contributed by atoms with Gasteiger partial charge in [-0.2, -0.15) is 0 Å². The maximum atomic E-state index is 13.3. The molecular weight excluding hydrogens is 235 g/mol. The van der Waals surface area contributed by atoms with Crippen LogP contribution >= 0.6 is 23.4 Å². The summed E-state index contributed by atoms with van der Waals surface area (Å²) in [7, 11) is 0. The number of aliphatic imine (C=N–C) groups is 1. The molecular formula is C10H10ClFN2S. The number of halogens is 2. The van der Waals surface area contributed by atoms with E-state index in [1.807, 2.05) is 0 Å². The Balaban J connectivity index is 2.14. The highest BCUT2D eigenvalue weighted by atomic mass is 35.5. The van der Waals surface area contributed by atoms with Gasteiger partial charge in [0, 0.05) is 10.3 Å². The molecule has 1 aromatic carbocycles. The SMILES string of the molecule is CC1CN=C(Nc2cc(Cl)ccc2F)S1. The van der Waals surface area contributed by atoms with E-state index in [2.05, 4.69) is 17.2 Å². The van der Waals surface area contributed by atoms with Crippen molar-refractivity contribution in [2.45, 2.75) is 12.2 Å². The Morgan fingerprint density at radius 1 is 1.60 bits per heavy atom. The Morgan fingerprint density at radius 2 is 2.40 bits per heavy atom. The van der Waals surface area contributed by atoms with Gasteiger partial charge in [0.25, 0.3) is 0 Å². The van der Waals surface area contributed by atoms with Crippen LogP contribution in [-0.4, -0.2) is 17.0 Å². The molecule has 2 nitrogen and oxygen atoms in total. The average Bonchev–Trinajstić information content (AvgIpc) is 2.58. The summed E-state index contributed by atoms with van der Waals surface area (Å²) in [6.07, 6.45) is 0. The highest BCUT2D eigenvalue weighted by molar-refractivity contribution is 8.15.